The molecule has 2 heterocycles. The molecule has 1 saturated heterocycles. The van der Waals surface area contributed by atoms with Gasteiger partial charge in [-0.05, 0) is 37.8 Å². The van der Waals surface area contributed by atoms with Crippen molar-refractivity contribution in [2.75, 3.05) is 11.4 Å². The smallest absolute Gasteiger partial charge is 0.293 e. The van der Waals surface area contributed by atoms with Crippen LogP contribution in [-0.4, -0.2) is 27.7 Å². The number of hydrogen-bond acceptors (Lipinski definition) is 5. The average molecular weight is 378 g/mol. The Labute approximate surface area is 162 Å². The maximum atomic E-state index is 12.0. The van der Waals surface area contributed by atoms with E-state index in [1.165, 1.54) is 0 Å². The lowest BCUT2D eigenvalue weighted by molar-refractivity contribution is -0.384. The Bertz CT molecular complexity index is 1090. The van der Waals surface area contributed by atoms with E-state index < -0.39 is 0 Å². The van der Waals surface area contributed by atoms with Crippen LogP contribution in [0.4, 0.5) is 11.4 Å². The number of nitro benzene ring substituents is 1. The van der Waals surface area contributed by atoms with Crippen molar-refractivity contribution in [3.8, 4) is 11.3 Å². The summed E-state index contributed by atoms with van der Waals surface area (Å²) >= 11 is 0. The number of aromatic nitrogens is 2. The van der Waals surface area contributed by atoms with Crippen LogP contribution in [0.15, 0.2) is 47.3 Å². The molecule has 7 heteroatoms. The molecule has 1 aromatic heterocycles. The fraction of sp³-hybridized carbons (Fsp3) is 0.333. The Balaban J connectivity index is 1.85. The van der Waals surface area contributed by atoms with Gasteiger partial charge in [-0.25, -0.2) is 5.10 Å². The molecule has 7 nitrogen and oxygen atoms in total. The van der Waals surface area contributed by atoms with Crippen LogP contribution in [0.5, 0.6) is 0 Å². The zero-order valence-corrected chi connectivity index (χ0v) is 15.7. The summed E-state index contributed by atoms with van der Waals surface area (Å²) in [6.07, 6.45) is 4.22. The molecule has 1 aliphatic heterocycles. The van der Waals surface area contributed by atoms with Crippen molar-refractivity contribution in [3.05, 3.63) is 62.9 Å². The molecule has 0 spiro atoms. The van der Waals surface area contributed by atoms with Crippen LogP contribution in [0, 0.1) is 10.1 Å². The number of hydrogen-bond donors (Lipinski definition) is 1. The molecule has 0 radical (unpaired) electrons. The van der Waals surface area contributed by atoms with E-state index >= 15 is 0 Å². The minimum atomic E-state index is -0.325. The maximum absolute atomic E-state index is 12.0. The van der Waals surface area contributed by atoms with Gasteiger partial charge in [-0.15, -0.1) is 0 Å². The predicted molar refractivity (Wildman–Crippen MR) is 110 cm³/mol. The first-order valence-electron chi connectivity index (χ1n) is 9.63. The molecule has 0 bridgehead atoms. The van der Waals surface area contributed by atoms with Gasteiger partial charge in [0, 0.05) is 29.6 Å². The summed E-state index contributed by atoms with van der Waals surface area (Å²) in [4.78, 5) is 25.7. The molecule has 1 N–H and O–H groups in total. The number of aromatic amines is 1. The average Bonchev–Trinajstić information content (AvgIpc) is 2.74. The Hall–Kier alpha value is -3.22. The van der Waals surface area contributed by atoms with E-state index in [1.807, 2.05) is 24.3 Å². The lowest BCUT2D eigenvalue weighted by Crippen LogP contribution is -2.39. The fourth-order valence-corrected chi connectivity index (χ4v) is 4.14. The number of nitrogens with one attached hydrogen (secondary N) is 1. The summed E-state index contributed by atoms with van der Waals surface area (Å²) < 4.78 is 0. The maximum Gasteiger partial charge on any atom is 0.293 e. The van der Waals surface area contributed by atoms with Gasteiger partial charge in [-0.3, -0.25) is 14.9 Å². The van der Waals surface area contributed by atoms with Crippen molar-refractivity contribution in [2.24, 2.45) is 0 Å². The summed E-state index contributed by atoms with van der Waals surface area (Å²) in [6.45, 7) is 2.96. The highest BCUT2D eigenvalue weighted by Gasteiger charge is 2.27. The first-order chi connectivity index (χ1) is 13.6. The van der Waals surface area contributed by atoms with Gasteiger partial charge in [0.2, 0.25) is 0 Å². The second-order valence-corrected chi connectivity index (χ2v) is 7.16. The fourth-order valence-electron chi connectivity index (χ4n) is 4.14. The highest BCUT2D eigenvalue weighted by molar-refractivity contribution is 5.94. The van der Waals surface area contributed by atoms with Crippen molar-refractivity contribution in [1.29, 1.82) is 0 Å². The topological polar surface area (TPSA) is 92.1 Å². The molecule has 0 amide bonds. The number of benzene rings is 2. The van der Waals surface area contributed by atoms with Crippen LogP contribution >= 0.6 is 0 Å². The first kappa shape index (κ1) is 18.2. The molecule has 0 unspecified atom stereocenters. The lowest BCUT2D eigenvalue weighted by Gasteiger charge is -2.36. The normalized spacial score (nSPS) is 17.0. The van der Waals surface area contributed by atoms with Crippen LogP contribution in [0.25, 0.3) is 22.0 Å². The van der Waals surface area contributed by atoms with Gasteiger partial charge in [0.05, 0.1) is 16.0 Å². The summed E-state index contributed by atoms with van der Waals surface area (Å²) in [7, 11) is 0. The van der Waals surface area contributed by atoms with E-state index in [-0.39, 0.29) is 16.2 Å². The van der Waals surface area contributed by atoms with Crippen LogP contribution < -0.4 is 10.5 Å². The van der Waals surface area contributed by atoms with Crippen LogP contribution in [0.2, 0.25) is 0 Å². The standard InChI is InChI=1S/C21H22N4O3/c1-2-15-7-5-6-12-24(15)18-11-10-14(13-19(18)25(27)28)20-16-8-3-4-9-17(16)21(26)23-22-20/h3-4,8-11,13,15H,2,5-7,12H2,1H3,(H,23,26)/t15-/m1/s1. The molecular formula is C21H22N4O3. The van der Waals surface area contributed by atoms with Crippen molar-refractivity contribution < 1.29 is 4.92 Å². The van der Waals surface area contributed by atoms with Gasteiger partial charge in [-0.1, -0.05) is 31.2 Å². The van der Waals surface area contributed by atoms with Gasteiger partial charge in [-0.2, -0.15) is 5.10 Å². The Morgan fingerprint density at radius 3 is 2.75 bits per heavy atom. The van der Waals surface area contributed by atoms with E-state index in [1.54, 1.807) is 18.2 Å². The molecule has 28 heavy (non-hydrogen) atoms. The third-order valence-corrected chi connectivity index (χ3v) is 5.55. The van der Waals surface area contributed by atoms with E-state index in [4.69, 9.17) is 0 Å². The van der Waals surface area contributed by atoms with E-state index in [0.717, 1.165) is 32.2 Å². The molecule has 144 valence electrons. The molecule has 4 rings (SSSR count). The number of H-pyrrole nitrogens is 1. The van der Waals surface area contributed by atoms with Crippen molar-refractivity contribution >= 4 is 22.1 Å². The van der Waals surface area contributed by atoms with Gasteiger partial charge in [0.25, 0.3) is 11.2 Å². The zero-order chi connectivity index (χ0) is 19.7. The van der Waals surface area contributed by atoms with Gasteiger partial charge in [0.1, 0.15) is 5.69 Å². The largest absolute Gasteiger partial charge is 0.363 e. The molecule has 2 aromatic carbocycles. The van der Waals surface area contributed by atoms with Crippen LogP contribution in [0.1, 0.15) is 32.6 Å². The predicted octanol–water partition coefficient (Wildman–Crippen LogP) is 4.27. The Kier molecular flexibility index (Phi) is 4.81. The second-order valence-electron chi connectivity index (χ2n) is 7.16. The van der Waals surface area contributed by atoms with E-state index in [2.05, 4.69) is 22.0 Å². The van der Waals surface area contributed by atoms with E-state index in [0.29, 0.717) is 33.8 Å². The molecule has 0 aliphatic carbocycles. The number of fused-ring (bicyclic) bond motifs is 1. The molecule has 0 saturated carbocycles. The van der Waals surface area contributed by atoms with Gasteiger partial charge < -0.3 is 4.90 Å². The zero-order valence-electron chi connectivity index (χ0n) is 15.7. The summed E-state index contributed by atoms with van der Waals surface area (Å²) in [5.74, 6) is 0. The van der Waals surface area contributed by atoms with Crippen LogP contribution in [-0.2, 0) is 0 Å². The summed E-state index contributed by atoms with van der Waals surface area (Å²) in [5, 5.41) is 19.7. The monoisotopic (exact) mass is 378 g/mol. The summed E-state index contributed by atoms with van der Waals surface area (Å²) in [6, 6.07) is 12.7. The quantitative estimate of drug-likeness (QED) is 0.541. The van der Waals surface area contributed by atoms with Crippen LogP contribution in [0.3, 0.4) is 0 Å². The number of rotatable bonds is 4. The van der Waals surface area contributed by atoms with Crippen molar-refractivity contribution in [2.45, 2.75) is 38.6 Å². The third kappa shape index (κ3) is 3.13. The van der Waals surface area contributed by atoms with Crippen molar-refractivity contribution in [3.63, 3.8) is 0 Å². The SMILES string of the molecule is CC[C@@H]1CCCCN1c1ccc(-c2n[nH]c(=O)c3ccccc23)cc1[N+](=O)[O-]. The second kappa shape index (κ2) is 7.42. The Morgan fingerprint density at radius 1 is 1.21 bits per heavy atom. The first-order valence-corrected chi connectivity index (χ1v) is 9.63. The molecule has 1 fully saturated rings. The molecule has 1 atom stereocenters. The highest BCUT2D eigenvalue weighted by atomic mass is 16.6. The minimum Gasteiger partial charge on any atom is -0.363 e. The number of anilines is 1. The Morgan fingerprint density at radius 2 is 2.00 bits per heavy atom. The minimum absolute atomic E-state index is 0.0786. The number of nitro groups is 1. The van der Waals surface area contributed by atoms with Crippen molar-refractivity contribution in [1.82, 2.24) is 10.2 Å². The molecule has 3 aromatic rings. The van der Waals surface area contributed by atoms with Gasteiger partial charge in [0.15, 0.2) is 0 Å². The molecule has 1 aliphatic rings. The highest BCUT2D eigenvalue weighted by Crippen LogP contribution is 2.37. The number of piperidine rings is 1. The number of nitrogens with zero attached hydrogens (tertiary/aromatic N) is 3. The van der Waals surface area contributed by atoms with Gasteiger partial charge >= 0.3 is 0 Å². The van der Waals surface area contributed by atoms with E-state index in [9.17, 15) is 14.9 Å². The summed E-state index contributed by atoms with van der Waals surface area (Å²) in [5.41, 5.74) is 1.62. The lowest BCUT2D eigenvalue weighted by atomic mass is 9.97. The molecular weight excluding hydrogens is 356 g/mol. The third-order valence-electron chi connectivity index (χ3n) is 5.55.